The third-order valence-electron chi connectivity index (χ3n) is 5.69. The first kappa shape index (κ1) is 22.8. The summed E-state index contributed by atoms with van der Waals surface area (Å²) in [7, 11) is 3.16. The smallest absolute Gasteiger partial charge is 0.420 e. The van der Waals surface area contributed by atoms with Crippen molar-refractivity contribution in [2.24, 2.45) is 0 Å². The van der Waals surface area contributed by atoms with Gasteiger partial charge in [-0.15, -0.1) is 0 Å². The Kier molecular flexibility index (Phi) is 7.26. The Morgan fingerprint density at radius 2 is 2.00 bits per heavy atom. The number of carbonyl (C=O) groups excluding carboxylic acids is 1. The lowest BCUT2D eigenvalue weighted by Gasteiger charge is -2.31. The number of allylic oxidation sites excluding steroid dienone is 1. The van der Waals surface area contributed by atoms with Crippen LogP contribution in [0, 0.1) is 0 Å². The summed E-state index contributed by atoms with van der Waals surface area (Å²) in [5.41, 5.74) is 3.62. The maximum Gasteiger partial charge on any atom is 0.420 e. The van der Waals surface area contributed by atoms with E-state index in [-0.39, 0.29) is 0 Å². The highest BCUT2D eigenvalue weighted by Crippen LogP contribution is 2.32. The molecule has 1 aromatic heterocycles. The molecule has 0 aliphatic carbocycles. The quantitative estimate of drug-likeness (QED) is 0.598. The zero-order chi connectivity index (χ0) is 23.2. The summed E-state index contributed by atoms with van der Waals surface area (Å²) < 4.78 is 22.1. The number of rotatable bonds is 6. The average Bonchev–Trinajstić information content (AvgIpc) is 3.04. The first-order valence-corrected chi connectivity index (χ1v) is 11.0. The Morgan fingerprint density at radius 1 is 1.21 bits per heavy atom. The molecule has 0 N–H and O–H groups in total. The number of para-hydroxylation sites is 1. The SMILES string of the molecule is COC(OC)c1nc2c(cc1CN1CC=COC=C1C)CCCN2C(=O)Oc1ccccc1. The maximum absolute atomic E-state index is 13.0. The van der Waals surface area contributed by atoms with E-state index >= 15 is 0 Å². The molecule has 1 aromatic carbocycles. The Labute approximate surface area is 194 Å². The van der Waals surface area contributed by atoms with Gasteiger partial charge < -0.3 is 23.8 Å². The number of carbonyl (C=O) groups is 1. The summed E-state index contributed by atoms with van der Waals surface area (Å²) in [5, 5.41) is 0. The van der Waals surface area contributed by atoms with E-state index in [2.05, 4.69) is 11.0 Å². The fourth-order valence-corrected chi connectivity index (χ4v) is 4.01. The van der Waals surface area contributed by atoms with Crippen LogP contribution in [0.25, 0.3) is 0 Å². The minimum Gasteiger partial charge on any atom is -0.471 e. The van der Waals surface area contributed by atoms with Crippen LogP contribution in [0.1, 0.15) is 36.5 Å². The van der Waals surface area contributed by atoms with Gasteiger partial charge in [0.2, 0.25) is 6.29 Å². The lowest BCUT2D eigenvalue weighted by Crippen LogP contribution is -2.39. The van der Waals surface area contributed by atoms with E-state index in [1.807, 2.05) is 31.2 Å². The van der Waals surface area contributed by atoms with Gasteiger partial charge in [0.1, 0.15) is 23.5 Å². The van der Waals surface area contributed by atoms with Crippen LogP contribution in [0.3, 0.4) is 0 Å². The molecule has 2 aliphatic heterocycles. The molecule has 2 aliphatic rings. The van der Waals surface area contributed by atoms with Gasteiger partial charge in [-0.3, -0.25) is 4.90 Å². The van der Waals surface area contributed by atoms with Gasteiger partial charge in [0.25, 0.3) is 0 Å². The largest absolute Gasteiger partial charge is 0.471 e. The highest BCUT2D eigenvalue weighted by Gasteiger charge is 2.29. The molecule has 8 heteroatoms. The lowest BCUT2D eigenvalue weighted by molar-refractivity contribution is -0.109. The van der Waals surface area contributed by atoms with Crippen molar-refractivity contribution in [3.05, 3.63) is 77.5 Å². The fourth-order valence-electron chi connectivity index (χ4n) is 4.01. The van der Waals surface area contributed by atoms with E-state index in [1.54, 1.807) is 43.8 Å². The number of anilines is 1. The minimum absolute atomic E-state index is 0.451. The van der Waals surface area contributed by atoms with Crippen molar-refractivity contribution in [3.63, 3.8) is 0 Å². The maximum atomic E-state index is 13.0. The van der Waals surface area contributed by atoms with Crippen LogP contribution in [0.4, 0.5) is 10.6 Å². The van der Waals surface area contributed by atoms with Crippen LogP contribution in [0.5, 0.6) is 5.75 Å². The van der Waals surface area contributed by atoms with E-state index in [4.69, 9.17) is 23.9 Å². The number of pyridine rings is 1. The van der Waals surface area contributed by atoms with Crippen LogP contribution in [-0.2, 0) is 27.2 Å². The van der Waals surface area contributed by atoms with E-state index < -0.39 is 12.4 Å². The molecule has 33 heavy (non-hydrogen) atoms. The van der Waals surface area contributed by atoms with Crippen molar-refractivity contribution in [1.82, 2.24) is 9.88 Å². The number of fused-ring (bicyclic) bond motifs is 1. The van der Waals surface area contributed by atoms with Gasteiger partial charge in [0.15, 0.2) is 0 Å². The fraction of sp³-hybridized carbons (Fsp3) is 0.360. The third-order valence-corrected chi connectivity index (χ3v) is 5.69. The van der Waals surface area contributed by atoms with Crippen molar-refractivity contribution in [3.8, 4) is 5.75 Å². The van der Waals surface area contributed by atoms with Gasteiger partial charge in [0.05, 0.1) is 6.26 Å². The molecule has 2 aromatic rings. The van der Waals surface area contributed by atoms with Crippen molar-refractivity contribution in [2.75, 3.05) is 32.2 Å². The van der Waals surface area contributed by atoms with Gasteiger partial charge in [-0.1, -0.05) is 18.2 Å². The summed E-state index contributed by atoms with van der Waals surface area (Å²) in [6.45, 7) is 3.84. The monoisotopic (exact) mass is 451 g/mol. The molecule has 0 fully saturated rings. The third kappa shape index (κ3) is 5.18. The molecular weight excluding hydrogens is 422 g/mol. The number of methoxy groups -OCH3 is 2. The predicted molar refractivity (Wildman–Crippen MR) is 124 cm³/mol. The highest BCUT2D eigenvalue weighted by atomic mass is 16.7. The zero-order valence-electron chi connectivity index (χ0n) is 19.2. The van der Waals surface area contributed by atoms with Crippen molar-refractivity contribution in [2.45, 2.75) is 32.6 Å². The standard InChI is InChI=1S/C25H29N3O5/c1-18-17-32-14-8-12-27(18)16-20-15-19-9-7-13-28(23(19)26-22(20)24(30-2)31-3)25(29)33-21-10-5-4-6-11-21/h4-6,8,10-11,14-15,17,24H,7,9,12-13,16H2,1-3H3. The van der Waals surface area contributed by atoms with Crippen molar-refractivity contribution in [1.29, 1.82) is 0 Å². The normalized spacial score (nSPS) is 15.6. The van der Waals surface area contributed by atoms with Crippen LogP contribution < -0.4 is 9.64 Å². The first-order chi connectivity index (χ1) is 16.1. The predicted octanol–water partition coefficient (Wildman–Crippen LogP) is 4.53. The van der Waals surface area contributed by atoms with Crippen LogP contribution in [0.15, 0.2) is 60.7 Å². The van der Waals surface area contributed by atoms with E-state index in [9.17, 15) is 4.79 Å². The van der Waals surface area contributed by atoms with Crippen molar-refractivity contribution < 1.29 is 23.7 Å². The molecule has 0 bridgehead atoms. The zero-order valence-corrected chi connectivity index (χ0v) is 19.2. The summed E-state index contributed by atoms with van der Waals surface area (Å²) in [5.74, 6) is 1.09. The number of ether oxygens (including phenoxy) is 4. The number of aryl methyl sites for hydroxylation is 1. The Morgan fingerprint density at radius 3 is 2.76 bits per heavy atom. The number of nitrogens with zero attached hydrogens (tertiary/aromatic N) is 3. The molecule has 0 unspecified atom stereocenters. The van der Waals surface area contributed by atoms with Gasteiger partial charge in [-0.25, -0.2) is 9.78 Å². The molecule has 3 heterocycles. The van der Waals surface area contributed by atoms with E-state index in [1.165, 1.54) is 0 Å². The molecule has 4 rings (SSSR count). The molecule has 0 spiro atoms. The second kappa shape index (κ2) is 10.5. The van der Waals surface area contributed by atoms with Gasteiger partial charge in [0, 0.05) is 39.6 Å². The second-order valence-electron chi connectivity index (χ2n) is 7.90. The Hall–Kier alpha value is -3.36. The molecule has 1 amide bonds. The lowest BCUT2D eigenvalue weighted by atomic mass is 10.0. The van der Waals surface area contributed by atoms with Gasteiger partial charge >= 0.3 is 6.09 Å². The molecule has 8 nitrogen and oxygen atoms in total. The summed E-state index contributed by atoms with van der Waals surface area (Å²) in [6.07, 6.45) is 5.90. The van der Waals surface area contributed by atoms with E-state index in [0.29, 0.717) is 36.9 Å². The van der Waals surface area contributed by atoms with Crippen molar-refractivity contribution >= 4 is 11.9 Å². The first-order valence-electron chi connectivity index (χ1n) is 11.0. The molecule has 0 saturated carbocycles. The Balaban J connectivity index is 1.68. The Bertz CT molecular complexity index is 1030. The van der Waals surface area contributed by atoms with Gasteiger partial charge in [-0.05, 0) is 55.2 Å². The molecule has 0 saturated heterocycles. The molecular formula is C25H29N3O5. The topological polar surface area (TPSA) is 73.4 Å². The summed E-state index contributed by atoms with van der Waals surface area (Å²) in [6, 6.07) is 11.2. The van der Waals surface area contributed by atoms with Crippen LogP contribution in [0.2, 0.25) is 0 Å². The molecule has 174 valence electrons. The number of aromatic nitrogens is 1. The minimum atomic E-state index is -0.665. The summed E-state index contributed by atoms with van der Waals surface area (Å²) >= 11 is 0. The number of hydrogen-bond donors (Lipinski definition) is 0. The number of benzene rings is 1. The molecule has 0 radical (unpaired) electrons. The van der Waals surface area contributed by atoms with Gasteiger partial charge in [-0.2, -0.15) is 0 Å². The second-order valence-corrected chi connectivity index (χ2v) is 7.90. The van der Waals surface area contributed by atoms with Crippen LogP contribution >= 0.6 is 0 Å². The number of hydrogen-bond acceptors (Lipinski definition) is 7. The number of amides is 1. The van der Waals surface area contributed by atoms with Crippen LogP contribution in [-0.4, -0.2) is 43.3 Å². The summed E-state index contributed by atoms with van der Waals surface area (Å²) in [4.78, 5) is 21.7. The van der Waals surface area contributed by atoms with E-state index in [0.717, 1.165) is 29.7 Å². The highest BCUT2D eigenvalue weighted by molar-refractivity contribution is 5.89. The molecule has 0 atom stereocenters. The average molecular weight is 452 g/mol.